The zero-order valence-corrected chi connectivity index (χ0v) is 19.4. The van der Waals surface area contributed by atoms with Crippen LogP contribution in [-0.4, -0.2) is 28.7 Å². The molecule has 1 N–H and O–H groups in total. The van der Waals surface area contributed by atoms with Crippen LogP contribution in [0.15, 0.2) is 54.6 Å². The van der Waals surface area contributed by atoms with Crippen LogP contribution >= 0.6 is 0 Å². The Kier molecular flexibility index (Phi) is 5.70. The van der Waals surface area contributed by atoms with Gasteiger partial charge in [-0.15, -0.1) is 0 Å². The van der Waals surface area contributed by atoms with Gasteiger partial charge in [-0.1, -0.05) is 76.2 Å². The normalized spacial score (nSPS) is 25.0. The number of anilines is 1. The van der Waals surface area contributed by atoms with Gasteiger partial charge >= 0.3 is 0 Å². The lowest BCUT2D eigenvalue weighted by atomic mass is 9.62. The fourth-order valence-corrected chi connectivity index (χ4v) is 5.45. The number of amides is 3. The molecule has 1 aliphatic carbocycles. The molecule has 1 saturated heterocycles. The van der Waals surface area contributed by atoms with Crippen molar-refractivity contribution in [3.63, 3.8) is 0 Å². The number of para-hydroxylation sites is 1. The third-order valence-electron chi connectivity index (χ3n) is 7.99. The van der Waals surface area contributed by atoms with E-state index in [9.17, 15) is 14.4 Å². The van der Waals surface area contributed by atoms with E-state index in [0.717, 1.165) is 23.2 Å². The van der Waals surface area contributed by atoms with Crippen LogP contribution in [0.2, 0.25) is 0 Å². The summed E-state index contributed by atoms with van der Waals surface area (Å²) in [6.07, 6.45) is 2.42. The van der Waals surface area contributed by atoms with E-state index in [1.165, 1.54) is 4.90 Å². The lowest BCUT2D eigenvalue weighted by Crippen LogP contribution is -2.64. The Morgan fingerprint density at radius 2 is 1.72 bits per heavy atom. The molecule has 2 aromatic rings. The van der Waals surface area contributed by atoms with Gasteiger partial charge in [0.25, 0.3) is 0 Å². The minimum absolute atomic E-state index is 0.213. The minimum Gasteiger partial charge on any atom is -0.324 e. The predicted octanol–water partition coefficient (Wildman–Crippen LogP) is 4.61. The van der Waals surface area contributed by atoms with Crippen LogP contribution in [0.25, 0.3) is 0 Å². The Balaban J connectivity index is 1.72. The summed E-state index contributed by atoms with van der Waals surface area (Å²) in [5, 5.41) is 3.02. The van der Waals surface area contributed by atoms with E-state index >= 15 is 0 Å². The van der Waals surface area contributed by atoms with Crippen molar-refractivity contribution in [2.75, 3.05) is 5.32 Å². The molecule has 0 spiro atoms. The second-order valence-corrected chi connectivity index (χ2v) is 9.86. The molecule has 3 amide bonds. The van der Waals surface area contributed by atoms with E-state index in [4.69, 9.17) is 0 Å². The molecule has 1 saturated carbocycles. The molecule has 0 aromatic heterocycles. The van der Waals surface area contributed by atoms with Crippen molar-refractivity contribution in [3.8, 4) is 0 Å². The SMILES string of the molecule is CCc1ccccc1NC(=O)C(Cc1ccccc1)N1C(=O)C2CCC(C)(C1=O)C2(C)C. The quantitative estimate of drug-likeness (QED) is 0.678. The zero-order valence-electron chi connectivity index (χ0n) is 19.4. The number of hydrogen-bond acceptors (Lipinski definition) is 3. The Morgan fingerprint density at radius 3 is 2.41 bits per heavy atom. The molecule has 3 unspecified atom stereocenters. The van der Waals surface area contributed by atoms with Gasteiger partial charge in [-0.05, 0) is 41.9 Å². The summed E-state index contributed by atoms with van der Waals surface area (Å²) < 4.78 is 0. The molecule has 1 aliphatic heterocycles. The standard InChI is InChI=1S/C27H32N2O3/c1-5-19-13-9-10-14-21(19)28-23(30)22(17-18-11-7-6-8-12-18)29-24(31)20-15-16-27(4,25(29)32)26(20,2)3/h6-14,20,22H,5,15-17H2,1-4H3,(H,28,30). The largest absolute Gasteiger partial charge is 0.324 e. The van der Waals surface area contributed by atoms with Gasteiger partial charge in [0.15, 0.2) is 0 Å². The van der Waals surface area contributed by atoms with Gasteiger partial charge < -0.3 is 5.32 Å². The molecule has 1 heterocycles. The zero-order chi connectivity index (χ0) is 23.1. The van der Waals surface area contributed by atoms with Crippen LogP contribution < -0.4 is 5.32 Å². The van der Waals surface area contributed by atoms with Crippen LogP contribution in [0.1, 0.15) is 51.7 Å². The Bertz CT molecular complexity index is 1050. The number of piperidine rings is 1. The smallest absolute Gasteiger partial charge is 0.248 e. The Hall–Kier alpha value is -2.95. The molecular formula is C27H32N2O3. The van der Waals surface area contributed by atoms with Crippen molar-refractivity contribution in [2.45, 2.75) is 59.4 Å². The maximum Gasteiger partial charge on any atom is 0.248 e. The number of likely N-dealkylation sites (tertiary alicyclic amines) is 1. The highest BCUT2D eigenvalue weighted by Crippen LogP contribution is 2.60. The van der Waals surface area contributed by atoms with Crippen LogP contribution in [0.3, 0.4) is 0 Å². The maximum atomic E-state index is 13.8. The molecule has 0 radical (unpaired) electrons. The third-order valence-corrected chi connectivity index (χ3v) is 7.99. The molecule has 168 valence electrons. The van der Waals surface area contributed by atoms with Crippen molar-refractivity contribution in [1.29, 1.82) is 0 Å². The third kappa shape index (κ3) is 3.44. The minimum atomic E-state index is -0.890. The first-order valence-electron chi connectivity index (χ1n) is 11.5. The number of nitrogens with one attached hydrogen (secondary N) is 1. The van der Waals surface area contributed by atoms with Gasteiger partial charge in [-0.2, -0.15) is 0 Å². The average molecular weight is 433 g/mol. The number of hydrogen-bond donors (Lipinski definition) is 1. The first-order valence-corrected chi connectivity index (χ1v) is 11.5. The molecule has 3 atom stereocenters. The number of imide groups is 1. The maximum absolute atomic E-state index is 13.8. The van der Waals surface area contributed by atoms with E-state index in [0.29, 0.717) is 19.3 Å². The van der Waals surface area contributed by atoms with Gasteiger partial charge in [0, 0.05) is 18.0 Å². The predicted molar refractivity (Wildman–Crippen MR) is 125 cm³/mol. The van der Waals surface area contributed by atoms with Crippen LogP contribution in [0.4, 0.5) is 5.69 Å². The molecule has 2 aliphatic rings. The monoisotopic (exact) mass is 432 g/mol. The molecule has 4 rings (SSSR count). The van der Waals surface area contributed by atoms with Crippen molar-refractivity contribution in [1.82, 2.24) is 4.90 Å². The number of benzene rings is 2. The molecule has 5 heteroatoms. The van der Waals surface area contributed by atoms with Gasteiger partial charge in [0.05, 0.1) is 5.41 Å². The highest BCUT2D eigenvalue weighted by Gasteiger charge is 2.65. The fourth-order valence-electron chi connectivity index (χ4n) is 5.45. The highest BCUT2D eigenvalue weighted by molar-refractivity contribution is 6.09. The molecule has 32 heavy (non-hydrogen) atoms. The molecule has 2 aromatic carbocycles. The number of fused-ring (bicyclic) bond motifs is 2. The van der Waals surface area contributed by atoms with E-state index in [-0.39, 0.29) is 23.6 Å². The van der Waals surface area contributed by atoms with E-state index in [1.807, 2.05) is 82.3 Å². The summed E-state index contributed by atoms with van der Waals surface area (Å²) in [4.78, 5) is 42.3. The number of carbonyl (C=O) groups excluding carboxylic acids is 3. The fraction of sp³-hybridized carbons (Fsp3) is 0.444. The topological polar surface area (TPSA) is 66.5 Å². The summed E-state index contributed by atoms with van der Waals surface area (Å²) in [6.45, 7) is 8.02. The summed E-state index contributed by atoms with van der Waals surface area (Å²) in [5.41, 5.74) is 1.59. The van der Waals surface area contributed by atoms with Gasteiger partial charge in [0.1, 0.15) is 6.04 Å². The molecular weight excluding hydrogens is 400 g/mol. The van der Waals surface area contributed by atoms with Gasteiger partial charge in [-0.25, -0.2) is 0 Å². The van der Waals surface area contributed by atoms with E-state index < -0.39 is 16.9 Å². The number of aryl methyl sites for hydroxylation is 1. The number of rotatable bonds is 6. The van der Waals surface area contributed by atoms with Gasteiger partial charge in [-0.3, -0.25) is 19.3 Å². The average Bonchev–Trinajstić information content (AvgIpc) is 2.97. The lowest BCUT2D eigenvalue weighted by Gasteiger charge is -2.49. The van der Waals surface area contributed by atoms with Crippen LogP contribution in [0, 0.1) is 16.7 Å². The molecule has 2 bridgehead atoms. The lowest BCUT2D eigenvalue weighted by molar-refractivity contribution is -0.172. The summed E-state index contributed by atoms with van der Waals surface area (Å²) in [6, 6.07) is 16.4. The molecule has 2 fully saturated rings. The summed E-state index contributed by atoms with van der Waals surface area (Å²) in [5.74, 6) is -1.01. The first-order chi connectivity index (χ1) is 15.2. The number of nitrogens with zero attached hydrogens (tertiary/aromatic N) is 1. The van der Waals surface area contributed by atoms with Crippen molar-refractivity contribution in [3.05, 3.63) is 65.7 Å². The first kappa shape index (κ1) is 22.3. The van der Waals surface area contributed by atoms with Crippen molar-refractivity contribution in [2.24, 2.45) is 16.7 Å². The number of carbonyl (C=O) groups is 3. The van der Waals surface area contributed by atoms with Crippen molar-refractivity contribution < 1.29 is 14.4 Å². The van der Waals surface area contributed by atoms with Crippen LogP contribution in [0.5, 0.6) is 0 Å². The van der Waals surface area contributed by atoms with Crippen molar-refractivity contribution >= 4 is 23.4 Å². The second kappa shape index (κ2) is 8.19. The summed E-state index contributed by atoms with van der Waals surface area (Å²) >= 11 is 0. The molecule has 5 nitrogen and oxygen atoms in total. The van der Waals surface area contributed by atoms with E-state index in [2.05, 4.69) is 5.32 Å². The summed E-state index contributed by atoms with van der Waals surface area (Å²) in [7, 11) is 0. The Labute approximate surface area is 190 Å². The van der Waals surface area contributed by atoms with E-state index in [1.54, 1.807) is 0 Å². The van der Waals surface area contributed by atoms with Gasteiger partial charge in [0.2, 0.25) is 17.7 Å². The Morgan fingerprint density at radius 1 is 1.06 bits per heavy atom. The second-order valence-electron chi connectivity index (χ2n) is 9.86. The van der Waals surface area contributed by atoms with Crippen LogP contribution in [-0.2, 0) is 27.2 Å². The highest BCUT2D eigenvalue weighted by atomic mass is 16.2.